The maximum atomic E-state index is 12.2. The van der Waals surface area contributed by atoms with E-state index in [1.165, 1.54) is 17.3 Å². The molecule has 1 amide bonds. The summed E-state index contributed by atoms with van der Waals surface area (Å²) in [5.41, 5.74) is 4.03. The van der Waals surface area contributed by atoms with Gasteiger partial charge in [0.1, 0.15) is 0 Å². The van der Waals surface area contributed by atoms with Crippen LogP contribution in [0.1, 0.15) is 5.56 Å². The maximum absolute atomic E-state index is 12.2. The van der Waals surface area contributed by atoms with Gasteiger partial charge in [0, 0.05) is 34.6 Å². The minimum absolute atomic E-state index is 0.00779. The summed E-state index contributed by atoms with van der Waals surface area (Å²) >= 11 is 3.20. The smallest absolute Gasteiger partial charge is 0.234 e. The Bertz CT molecular complexity index is 949. The summed E-state index contributed by atoms with van der Waals surface area (Å²) in [5, 5.41) is 6.08. The first kappa shape index (κ1) is 19.9. The van der Waals surface area contributed by atoms with Crippen LogP contribution in [-0.4, -0.2) is 42.9 Å². The molecule has 0 unspecified atom stereocenters. The van der Waals surface area contributed by atoms with Gasteiger partial charge in [-0.3, -0.25) is 4.79 Å². The molecule has 1 saturated heterocycles. The normalized spacial score (nSPS) is 14.0. The number of nitrogens with one attached hydrogen (secondary N) is 1. The second-order valence-electron chi connectivity index (χ2n) is 6.84. The highest BCUT2D eigenvalue weighted by atomic mass is 32.2. The molecule has 0 aliphatic carbocycles. The van der Waals surface area contributed by atoms with Gasteiger partial charge in [0.05, 0.1) is 24.7 Å². The number of hydrogen-bond acceptors (Lipinski definition) is 6. The lowest BCUT2D eigenvalue weighted by Gasteiger charge is -2.26. The number of morpholine rings is 1. The molecule has 1 aliphatic heterocycles. The van der Waals surface area contributed by atoms with E-state index in [9.17, 15) is 4.79 Å². The number of anilines is 2. The van der Waals surface area contributed by atoms with Gasteiger partial charge in [-0.25, -0.2) is 4.98 Å². The number of aromatic nitrogens is 1. The third-order valence-corrected chi connectivity index (χ3v) is 6.54. The van der Waals surface area contributed by atoms with Gasteiger partial charge >= 0.3 is 0 Å². The molecule has 1 fully saturated rings. The van der Waals surface area contributed by atoms with Crippen LogP contribution in [0.25, 0.3) is 11.3 Å². The molecule has 2 heterocycles. The molecule has 0 saturated carbocycles. The molecule has 1 N–H and O–H groups in total. The van der Waals surface area contributed by atoms with Gasteiger partial charge in [-0.15, -0.1) is 23.1 Å². The number of ether oxygens (including phenoxy) is 1. The zero-order valence-corrected chi connectivity index (χ0v) is 17.9. The Labute approximate surface area is 179 Å². The Morgan fingerprint density at radius 3 is 2.59 bits per heavy atom. The standard InChI is InChI=1S/C22H23N3O2S2/c1-16-2-8-19(9-3-16)28-15-21(26)23-18-6-4-17(5-7-18)20-14-29-22(24-20)25-10-12-27-13-11-25/h2-9,14H,10-13,15H2,1H3,(H,23,26). The lowest BCUT2D eigenvalue weighted by atomic mass is 10.1. The lowest BCUT2D eigenvalue weighted by Crippen LogP contribution is -2.36. The van der Waals surface area contributed by atoms with Crippen LogP contribution in [0.3, 0.4) is 0 Å². The molecule has 0 atom stereocenters. The summed E-state index contributed by atoms with van der Waals surface area (Å²) in [5.74, 6) is 0.381. The second-order valence-corrected chi connectivity index (χ2v) is 8.73. The van der Waals surface area contributed by atoms with Crippen LogP contribution in [0.4, 0.5) is 10.8 Å². The van der Waals surface area contributed by atoms with Crippen molar-refractivity contribution in [3.05, 3.63) is 59.5 Å². The molecule has 29 heavy (non-hydrogen) atoms. The van der Waals surface area contributed by atoms with Gasteiger partial charge in [0.15, 0.2) is 5.13 Å². The number of carbonyl (C=O) groups excluding carboxylic acids is 1. The van der Waals surface area contributed by atoms with Crippen LogP contribution in [-0.2, 0) is 9.53 Å². The molecule has 0 bridgehead atoms. The van der Waals surface area contributed by atoms with Crippen molar-refractivity contribution in [1.82, 2.24) is 4.98 Å². The minimum atomic E-state index is -0.00779. The number of thiazole rings is 1. The zero-order chi connectivity index (χ0) is 20.1. The van der Waals surface area contributed by atoms with Crippen LogP contribution in [0.5, 0.6) is 0 Å². The van der Waals surface area contributed by atoms with Crippen molar-refractivity contribution in [3.8, 4) is 11.3 Å². The molecule has 0 radical (unpaired) electrons. The summed E-state index contributed by atoms with van der Waals surface area (Å²) in [6, 6.07) is 16.1. The van der Waals surface area contributed by atoms with Gasteiger partial charge in [0.2, 0.25) is 5.91 Å². The fourth-order valence-electron chi connectivity index (χ4n) is 3.00. The summed E-state index contributed by atoms with van der Waals surface area (Å²) in [6.45, 7) is 5.34. The highest BCUT2D eigenvalue weighted by Gasteiger charge is 2.15. The Balaban J connectivity index is 1.32. The monoisotopic (exact) mass is 425 g/mol. The first-order chi connectivity index (χ1) is 14.2. The van der Waals surface area contributed by atoms with Crippen molar-refractivity contribution >= 4 is 39.8 Å². The Morgan fingerprint density at radius 1 is 1.14 bits per heavy atom. The largest absolute Gasteiger partial charge is 0.378 e. The molecule has 0 spiro atoms. The molecule has 1 aliphatic rings. The molecule has 3 aromatic rings. The first-order valence-electron chi connectivity index (χ1n) is 9.55. The van der Waals surface area contributed by atoms with E-state index in [1.54, 1.807) is 11.3 Å². The van der Waals surface area contributed by atoms with E-state index < -0.39 is 0 Å². The number of hydrogen-bond donors (Lipinski definition) is 1. The maximum Gasteiger partial charge on any atom is 0.234 e. The quantitative estimate of drug-likeness (QED) is 0.581. The van der Waals surface area contributed by atoms with Crippen LogP contribution < -0.4 is 10.2 Å². The number of nitrogens with zero attached hydrogens (tertiary/aromatic N) is 2. The second kappa shape index (κ2) is 9.43. The van der Waals surface area contributed by atoms with Crippen molar-refractivity contribution in [2.45, 2.75) is 11.8 Å². The molecule has 1 aromatic heterocycles. The molecule has 4 rings (SSSR count). The van der Waals surface area contributed by atoms with Crippen molar-refractivity contribution in [3.63, 3.8) is 0 Å². The summed E-state index contributed by atoms with van der Waals surface area (Å²) in [4.78, 5) is 20.3. The van der Waals surface area contributed by atoms with Gasteiger partial charge in [-0.2, -0.15) is 0 Å². The minimum Gasteiger partial charge on any atom is -0.378 e. The van der Waals surface area contributed by atoms with E-state index in [4.69, 9.17) is 9.72 Å². The van der Waals surface area contributed by atoms with Gasteiger partial charge in [0.25, 0.3) is 0 Å². The third-order valence-electron chi connectivity index (χ3n) is 4.63. The van der Waals surface area contributed by atoms with E-state index in [0.29, 0.717) is 5.75 Å². The summed E-state index contributed by atoms with van der Waals surface area (Å²) in [7, 11) is 0. The number of benzene rings is 2. The van der Waals surface area contributed by atoms with Crippen molar-refractivity contribution in [1.29, 1.82) is 0 Å². The Morgan fingerprint density at radius 2 is 1.86 bits per heavy atom. The fourth-order valence-corrected chi connectivity index (χ4v) is 4.59. The number of aryl methyl sites for hydroxylation is 1. The molecule has 150 valence electrons. The summed E-state index contributed by atoms with van der Waals surface area (Å²) in [6.07, 6.45) is 0. The van der Waals surface area contributed by atoms with E-state index >= 15 is 0 Å². The van der Waals surface area contributed by atoms with Gasteiger partial charge in [-0.05, 0) is 31.2 Å². The predicted molar refractivity (Wildman–Crippen MR) is 121 cm³/mol. The SMILES string of the molecule is Cc1ccc(SCC(=O)Nc2ccc(-c3csc(N4CCOCC4)n3)cc2)cc1. The van der Waals surface area contributed by atoms with Crippen molar-refractivity contribution in [2.75, 3.05) is 42.3 Å². The molecular weight excluding hydrogens is 402 g/mol. The highest BCUT2D eigenvalue weighted by Crippen LogP contribution is 2.28. The number of amides is 1. The predicted octanol–water partition coefficient (Wildman–Crippen LogP) is 4.69. The molecular formula is C22H23N3O2S2. The zero-order valence-electron chi connectivity index (χ0n) is 16.3. The average Bonchev–Trinajstić information content (AvgIpc) is 3.25. The molecule has 7 heteroatoms. The number of rotatable bonds is 6. The highest BCUT2D eigenvalue weighted by molar-refractivity contribution is 8.00. The summed E-state index contributed by atoms with van der Waals surface area (Å²) < 4.78 is 5.40. The van der Waals surface area contributed by atoms with Gasteiger partial charge < -0.3 is 15.0 Å². The Hall–Kier alpha value is -2.35. The number of thioether (sulfide) groups is 1. The van der Waals surface area contributed by atoms with E-state index in [1.807, 2.05) is 36.4 Å². The molecule has 5 nitrogen and oxygen atoms in total. The van der Waals surface area contributed by atoms with E-state index in [2.05, 4.69) is 34.7 Å². The Kier molecular flexibility index (Phi) is 6.49. The van der Waals surface area contributed by atoms with Crippen LogP contribution in [0.15, 0.2) is 58.8 Å². The van der Waals surface area contributed by atoms with Crippen molar-refractivity contribution in [2.24, 2.45) is 0 Å². The lowest BCUT2D eigenvalue weighted by molar-refractivity contribution is -0.113. The number of carbonyl (C=O) groups is 1. The van der Waals surface area contributed by atoms with E-state index in [0.717, 1.165) is 53.3 Å². The molecule has 2 aromatic carbocycles. The third kappa shape index (κ3) is 5.38. The van der Waals surface area contributed by atoms with Gasteiger partial charge in [-0.1, -0.05) is 29.8 Å². The fraction of sp³-hybridized carbons (Fsp3) is 0.273. The van der Waals surface area contributed by atoms with Crippen LogP contribution in [0, 0.1) is 6.92 Å². The van der Waals surface area contributed by atoms with Crippen molar-refractivity contribution < 1.29 is 9.53 Å². The average molecular weight is 426 g/mol. The van der Waals surface area contributed by atoms with Crippen LogP contribution >= 0.6 is 23.1 Å². The van der Waals surface area contributed by atoms with E-state index in [-0.39, 0.29) is 5.91 Å². The first-order valence-corrected chi connectivity index (χ1v) is 11.4. The van der Waals surface area contributed by atoms with Crippen LogP contribution in [0.2, 0.25) is 0 Å². The topological polar surface area (TPSA) is 54.5 Å².